The average molecular weight is 358 g/mol. The van der Waals surface area contributed by atoms with Crippen molar-refractivity contribution in [3.05, 3.63) is 0 Å². The van der Waals surface area contributed by atoms with Gasteiger partial charge in [-0.3, -0.25) is 0 Å². The molecule has 0 fully saturated rings. The maximum absolute atomic E-state index is 10.1. The van der Waals surface area contributed by atoms with Gasteiger partial charge in [-0.15, -0.1) is 0 Å². The molecule has 0 bridgehead atoms. The summed E-state index contributed by atoms with van der Waals surface area (Å²) in [4.78, 5) is 20.0. The SMILES string of the molecule is COC(C(O)C=O)C(O)C(O)CO.O=C[C@H](O)[C@@H](O)C[C@H](O)CO. The van der Waals surface area contributed by atoms with Crippen molar-refractivity contribution in [2.24, 2.45) is 0 Å². The van der Waals surface area contributed by atoms with Gasteiger partial charge in [-0.2, -0.15) is 0 Å². The fraction of sp³-hybridized carbons (Fsp3) is 0.846. The van der Waals surface area contributed by atoms with Crippen molar-refractivity contribution in [2.45, 2.75) is 49.1 Å². The topological polar surface area (TPSA) is 205 Å². The monoisotopic (exact) mass is 358 g/mol. The summed E-state index contributed by atoms with van der Waals surface area (Å²) in [6.45, 7) is -1.17. The summed E-state index contributed by atoms with van der Waals surface area (Å²) in [7, 11) is 1.17. The lowest BCUT2D eigenvalue weighted by Crippen LogP contribution is -2.47. The number of ether oxygens (including phenoxy) is 1. The molecule has 0 aromatic carbocycles. The number of hydrogen-bond donors (Lipinski definition) is 8. The van der Waals surface area contributed by atoms with Gasteiger partial charge < -0.3 is 55.2 Å². The van der Waals surface area contributed by atoms with Crippen molar-refractivity contribution in [1.29, 1.82) is 0 Å². The van der Waals surface area contributed by atoms with Crippen LogP contribution in [0.15, 0.2) is 0 Å². The predicted octanol–water partition coefficient (Wildman–Crippen LogP) is -5.07. The molecule has 0 spiro atoms. The molecule has 0 aromatic rings. The standard InChI is InChI=1S/C7H14O6.C6H12O5/c1-13-7(5(11)3-9)6(12)4(10)2-8;7-2-4(9)1-5(10)6(11)3-8/h3-8,10-12H,2H2,1H3;3-7,9-11H,1-2H2/t;4-,5-,6-/m.0/s1. The molecule has 0 amide bonds. The third-order valence-electron chi connectivity index (χ3n) is 2.92. The minimum atomic E-state index is -1.53. The van der Waals surface area contributed by atoms with Gasteiger partial charge in [0.1, 0.15) is 30.5 Å². The number of carbonyl (C=O) groups is 2. The first-order valence-corrected chi connectivity index (χ1v) is 6.93. The minimum Gasteiger partial charge on any atom is -0.394 e. The fourth-order valence-corrected chi connectivity index (χ4v) is 1.47. The highest BCUT2D eigenvalue weighted by atomic mass is 16.5. The van der Waals surface area contributed by atoms with E-state index in [1.807, 2.05) is 0 Å². The number of aldehydes is 2. The summed E-state index contributed by atoms with van der Waals surface area (Å²) in [5.74, 6) is 0. The largest absolute Gasteiger partial charge is 0.394 e. The van der Waals surface area contributed by atoms with Crippen molar-refractivity contribution in [1.82, 2.24) is 0 Å². The lowest BCUT2D eigenvalue weighted by molar-refractivity contribution is -0.143. The molecule has 0 aliphatic carbocycles. The Morgan fingerprint density at radius 3 is 1.67 bits per heavy atom. The van der Waals surface area contributed by atoms with Crippen molar-refractivity contribution in [3.8, 4) is 0 Å². The van der Waals surface area contributed by atoms with Crippen LogP contribution in [0.3, 0.4) is 0 Å². The quantitative estimate of drug-likeness (QED) is 0.164. The third-order valence-corrected chi connectivity index (χ3v) is 2.92. The lowest BCUT2D eigenvalue weighted by atomic mass is 10.0. The van der Waals surface area contributed by atoms with Gasteiger partial charge in [-0.25, -0.2) is 0 Å². The van der Waals surface area contributed by atoms with Gasteiger partial charge in [0.2, 0.25) is 0 Å². The molecule has 0 heterocycles. The molecule has 0 saturated heterocycles. The molecule has 0 aliphatic heterocycles. The zero-order chi connectivity index (χ0) is 19.3. The van der Waals surface area contributed by atoms with Crippen LogP contribution in [0.25, 0.3) is 0 Å². The molecule has 0 radical (unpaired) electrons. The van der Waals surface area contributed by atoms with Crippen LogP contribution in [-0.4, -0.2) is 116 Å². The van der Waals surface area contributed by atoms with Gasteiger partial charge >= 0.3 is 0 Å². The summed E-state index contributed by atoms with van der Waals surface area (Å²) >= 11 is 0. The van der Waals surface area contributed by atoms with E-state index in [-0.39, 0.29) is 19.0 Å². The first kappa shape index (κ1) is 25.2. The van der Waals surface area contributed by atoms with Gasteiger partial charge in [0.05, 0.1) is 25.4 Å². The van der Waals surface area contributed by atoms with Crippen LogP contribution in [0.4, 0.5) is 0 Å². The van der Waals surface area contributed by atoms with Gasteiger partial charge in [-0.1, -0.05) is 0 Å². The highest BCUT2D eigenvalue weighted by molar-refractivity contribution is 5.57. The highest BCUT2D eigenvalue weighted by Gasteiger charge is 2.31. The zero-order valence-electron chi connectivity index (χ0n) is 13.1. The van der Waals surface area contributed by atoms with Crippen LogP contribution in [0.5, 0.6) is 0 Å². The lowest BCUT2D eigenvalue weighted by Gasteiger charge is -2.25. The van der Waals surface area contributed by atoms with E-state index in [2.05, 4.69) is 4.74 Å². The maximum Gasteiger partial charge on any atom is 0.151 e. The Morgan fingerprint density at radius 1 is 0.833 bits per heavy atom. The van der Waals surface area contributed by atoms with Crippen molar-refractivity contribution in [3.63, 3.8) is 0 Å². The third kappa shape index (κ3) is 9.97. The Kier molecular flexibility index (Phi) is 15.1. The number of hydrogen-bond acceptors (Lipinski definition) is 11. The van der Waals surface area contributed by atoms with E-state index in [0.717, 1.165) is 0 Å². The van der Waals surface area contributed by atoms with E-state index >= 15 is 0 Å². The summed E-state index contributed by atoms with van der Waals surface area (Å²) in [6.07, 6.45) is -9.46. The Bertz CT molecular complexity index is 327. The van der Waals surface area contributed by atoms with Crippen LogP contribution >= 0.6 is 0 Å². The van der Waals surface area contributed by atoms with Crippen LogP contribution < -0.4 is 0 Å². The molecule has 0 aromatic heterocycles. The van der Waals surface area contributed by atoms with Crippen LogP contribution in [-0.2, 0) is 14.3 Å². The normalized spacial score (nSPS) is 19.7. The summed E-state index contributed by atoms with van der Waals surface area (Å²) in [6, 6.07) is 0. The van der Waals surface area contributed by atoms with Gasteiger partial charge in [-0.05, 0) is 0 Å². The fourth-order valence-electron chi connectivity index (χ4n) is 1.47. The number of methoxy groups -OCH3 is 1. The molecule has 0 saturated carbocycles. The Labute approximate surface area is 138 Å². The van der Waals surface area contributed by atoms with E-state index in [0.29, 0.717) is 0 Å². The first-order chi connectivity index (χ1) is 11.2. The molecular weight excluding hydrogens is 332 g/mol. The molecule has 11 heteroatoms. The maximum atomic E-state index is 10.1. The summed E-state index contributed by atoms with van der Waals surface area (Å²) in [5, 5.41) is 70.2. The van der Waals surface area contributed by atoms with Crippen LogP contribution in [0, 0.1) is 0 Å². The Hall–Kier alpha value is -1.02. The number of aliphatic hydroxyl groups is 8. The van der Waals surface area contributed by atoms with Crippen LogP contribution in [0.2, 0.25) is 0 Å². The molecule has 4 unspecified atom stereocenters. The van der Waals surface area contributed by atoms with Crippen molar-refractivity contribution < 1.29 is 55.2 Å². The summed E-state index contributed by atoms with van der Waals surface area (Å²) in [5.41, 5.74) is 0. The highest BCUT2D eigenvalue weighted by Crippen LogP contribution is 2.07. The molecule has 0 rings (SSSR count). The molecule has 24 heavy (non-hydrogen) atoms. The second-order valence-corrected chi connectivity index (χ2v) is 4.83. The van der Waals surface area contributed by atoms with E-state index < -0.39 is 55.9 Å². The van der Waals surface area contributed by atoms with E-state index in [4.69, 9.17) is 35.7 Å². The zero-order valence-corrected chi connectivity index (χ0v) is 13.1. The predicted molar refractivity (Wildman–Crippen MR) is 77.8 cm³/mol. The molecule has 0 aliphatic rings. The van der Waals surface area contributed by atoms with Crippen molar-refractivity contribution in [2.75, 3.05) is 20.3 Å². The molecule has 8 N–H and O–H groups in total. The molecule has 144 valence electrons. The Morgan fingerprint density at radius 2 is 1.33 bits per heavy atom. The van der Waals surface area contributed by atoms with E-state index in [9.17, 15) is 14.7 Å². The Balaban J connectivity index is 0. The second-order valence-electron chi connectivity index (χ2n) is 4.83. The van der Waals surface area contributed by atoms with Crippen LogP contribution in [0.1, 0.15) is 6.42 Å². The minimum absolute atomic E-state index is 0.175. The second kappa shape index (κ2) is 14.3. The first-order valence-electron chi connectivity index (χ1n) is 6.93. The average Bonchev–Trinajstić information content (AvgIpc) is 2.60. The molecular formula is C13H26O11. The van der Waals surface area contributed by atoms with E-state index in [1.165, 1.54) is 7.11 Å². The van der Waals surface area contributed by atoms with Gasteiger partial charge in [0, 0.05) is 13.5 Å². The van der Waals surface area contributed by atoms with Gasteiger partial charge in [0.25, 0.3) is 0 Å². The summed E-state index contributed by atoms with van der Waals surface area (Å²) < 4.78 is 4.59. The number of carbonyl (C=O) groups excluding carboxylic acids is 2. The van der Waals surface area contributed by atoms with E-state index in [1.54, 1.807) is 0 Å². The molecule has 7 atom stereocenters. The van der Waals surface area contributed by atoms with Gasteiger partial charge in [0.15, 0.2) is 12.6 Å². The molecule has 11 nitrogen and oxygen atoms in total. The van der Waals surface area contributed by atoms with Crippen molar-refractivity contribution >= 4 is 12.6 Å². The number of aliphatic hydroxyl groups excluding tert-OH is 8. The smallest absolute Gasteiger partial charge is 0.151 e. The number of rotatable bonds is 11.